The number of nitrogens with one attached hydrogen (secondary N) is 1. The molecule has 0 aliphatic carbocycles. The Hall–Kier alpha value is -1.00. The minimum Gasteiger partial charge on any atom is -0.373 e. The van der Waals surface area contributed by atoms with Crippen LogP contribution in [0, 0.1) is 5.92 Å². The minimum absolute atomic E-state index is 0.0378. The van der Waals surface area contributed by atoms with Crippen LogP contribution in [0.1, 0.15) is 37.0 Å². The molecule has 0 spiro atoms. The van der Waals surface area contributed by atoms with Gasteiger partial charge in [0.15, 0.2) is 0 Å². The van der Waals surface area contributed by atoms with Crippen molar-refractivity contribution >= 4 is 0 Å². The maximum Gasteiger partial charge on any atom is 0.263 e. The average Bonchev–Trinajstić information content (AvgIpc) is 2.84. The molecule has 2 atom stereocenters. The maximum absolute atomic E-state index is 12.5. The zero-order valence-corrected chi connectivity index (χ0v) is 10.5. The fourth-order valence-electron chi connectivity index (χ4n) is 2.37. The van der Waals surface area contributed by atoms with Crippen LogP contribution in [-0.2, 0) is 4.74 Å². The van der Waals surface area contributed by atoms with Gasteiger partial charge in [-0.1, -0.05) is 31.2 Å². The quantitative estimate of drug-likeness (QED) is 0.871. The van der Waals surface area contributed by atoms with Crippen molar-refractivity contribution in [1.29, 1.82) is 0 Å². The third-order valence-corrected chi connectivity index (χ3v) is 3.39. The van der Waals surface area contributed by atoms with Gasteiger partial charge >= 0.3 is 0 Å². The lowest BCUT2D eigenvalue weighted by Crippen LogP contribution is -2.24. The Balaban J connectivity index is 2.05. The third-order valence-electron chi connectivity index (χ3n) is 3.39. The summed E-state index contributed by atoms with van der Waals surface area (Å²) < 4.78 is 30.7. The van der Waals surface area contributed by atoms with Crippen LogP contribution >= 0.6 is 0 Å². The molecule has 2 rings (SSSR count). The van der Waals surface area contributed by atoms with Gasteiger partial charge in [0.2, 0.25) is 0 Å². The van der Waals surface area contributed by atoms with Gasteiger partial charge in [-0.05, 0) is 18.5 Å². The third kappa shape index (κ3) is 3.06. The van der Waals surface area contributed by atoms with Crippen molar-refractivity contribution in [3.8, 4) is 0 Å². The van der Waals surface area contributed by atoms with Gasteiger partial charge in [0, 0.05) is 24.6 Å². The first-order chi connectivity index (χ1) is 8.72. The lowest BCUT2D eigenvalue weighted by atomic mass is 9.94. The summed E-state index contributed by atoms with van der Waals surface area (Å²) in [6, 6.07) is 6.50. The number of hydrogen-bond donors (Lipinski definition) is 1. The largest absolute Gasteiger partial charge is 0.373 e. The van der Waals surface area contributed by atoms with Crippen molar-refractivity contribution in [2.75, 3.05) is 19.7 Å². The molecule has 1 saturated heterocycles. The average molecular weight is 255 g/mol. The molecule has 1 fully saturated rings. The van der Waals surface area contributed by atoms with Crippen molar-refractivity contribution in [3.63, 3.8) is 0 Å². The molecule has 0 bridgehead atoms. The smallest absolute Gasteiger partial charge is 0.263 e. The summed E-state index contributed by atoms with van der Waals surface area (Å²) in [5, 5.41) is 3.32. The number of halogens is 2. The molecule has 0 amide bonds. The van der Waals surface area contributed by atoms with Gasteiger partial charge in [-0.25, -0.2) is 8.78 Å². The van der Waals surface area contributed by atoms with E-state index >= 15 is 0 Å². The highest BCUT2D eigenvalue weighted by atomic mass is 19.3. The molecular formula is C14H19F2NO. The van der Waals surface area contributed by atoms with E-state index in [0.29, 0.717) is 5.92 Å². The molecule has 0 radical (unpaired) electrons. The molecule has 0 aromatic heterocycles. The number of ether oxygens (including phenoxy) is 1. The highest BCUT2D eigenvalue weighted by Gasteiger charge is 2.29. The highest BCUT2D eigenvalue weighted by molar-refractivity contribution is 5.26. The van der Waals surface area contributed by atoms with E-state index in [-0.39, 0.29) is 11.7 Å². The predicted octanol–water partition coefficient (Wildman–Crippen LogP) is 3.31. The fourth-order valence-corrected chi connectivity index (χ4v) is 2.37. The molecule has 1 N–H and O–H groups in total. The van der Waals surface area contributed by atoms with E-state index < -0.39 is 6.43 Å². The van der Waals surface area contributed by atoms with E-state index in [0.717, 1.165) is 31.7 Å². The molecule has 1 aliphatic heterocycles. The van der Waals surface area contributed by atoms with Gasteiger partial charge in [0.05, 0.1) is 6.10 Å². The molecule has 18 heavy (non-hydrogen) atoms. The van der Waals surface area contributed by atoms with Crippen LogP contribution in [0.4, 0.5) is 8.78 Å². The summed E-state index contributed by atoms with van der Waals surface area (Å²) in [4.78, 5) is 0. The summed E-state index contributed by atoms with van der Waals surface area (Å²) in [7, 11) is 0. The Labute approximate surface area is 106 Å². The topological polar surface area (TPSA) is 21.3 Å². The molecule has 1 heterocycles. The molecule has 1 aromatic rings. The molecule has 2 unspecified atom stereocenters. The van der Waals surface area contributed by atoms with Gasteiger partial charge in [-0.15, -0.1) is 0 Å². The van der Waals surface area contributed by atoms with E-state index in [2.05, 4.69) is 12.2 Å². The Morgan fingerprint density at radius 3 is 2.67 bits per heavy atom. The van der Waals surface area contributed by atoms with Crippen LogP contribution < -0.4 is 5.32 Å². The van der Waals surface area contributed by atoms with Crippen LogP contribution in [0.3, 0.4) is 0 Å². The normalized spacial score (nSPS) is 23.8. The van der Waals surface area contributed by atoms with Crippen LogP contribution in [0.15, 0.2) is 24.3 Å². The standard InChI is InChI=1S/C14H19F2NO/c1-2-17-9-12-7-8-18-13(12)10-3-5-11(6-4-10)14(15)16/h3-6,12-14,17H,2,7-9H2,1H3. The summed E-state index contributed by atoms with van der Waals surface area (Å²) in [5.41, 5.74) is 1.07. The van der Waals surface area contributed by atoms with E-state index in [1.54, 1.807) is 12.1 Å². The van der Waals surface area contributed by atoms with E-state index in [4.69, 9.17) is 4.74 Å². The lowest BCUT2D eigenvalue weighted by molar-refractivity contribution is 0.0905. The van der Waals surface area contributed by atoms with Crippen molar-refractivity contribution in [1.82, 2.24) is 5.32 Å². The summed E-state index contributed by atoms with van der Waals surface area (Å²) in [5.74, 6) is 0.433. The minimum atomic E-state index is -2.40. The number of alkyl halides is 2. The molecule has 4 heteroatoms. The second-order valence-electron chi connectivity index (χ2n) is 4.62. The lowest BCUT2D eigenvalue weighted by Gasteiger charge is -2.19. The summed E-state index contributed by atoms with van der Waals surface area (Å²) in [6.45, 7) is 4.67. The number of benzene rings is 1. The molecule has 0 saturated carbocycles. The number of hydrogen-bond acceptors (Lipinski definition) is 2. The van der Waals surface area contributed by atoms with Crippen LogP contribution in [-0.4, -0.2) is 19.7 Å². The van der Waals surface area contributed by atoms with Crippen molar-refractivity contribution in [3.05, 3.63) is 35.4 Å². The second-order valence-corrected chi connectivity index (χ2v) is 4.62. The SMILES string of the molecule is CCNCC1CCOC1c1ccc(C(F)F)cc1. The van der Waals surface area contributed by atoms with Crippen LogP contribution in [0.2, 0.25) is 0 Å². The Morgan fingerprint density at radius 2 is 2.06 bits per heavy atom. The van der Waals surface area contributed by atoms with Gasteiger partial charge in [0.1, 0.15) is 0 Å². The fraction of sp³-hybridized carbons (Fsp3) is 0.571. The van der Waals surface area contributed by atoms with Crippen molar-refractivity contribution < 1.29 is 13.5 Å². The monoisotopic (exact) mass is 255 g/mol. The van der Waals surface area contributed by atoms with Crippen molar-refractivity contribution in [2.45, 2.75) is 25.9 Å². The van der Waals surface area contributed by atoms with Gasteiger partial charge < -0.3 is 10.1 Å². The highest BCUT2D eigenvalue weighted by Crippen LogP contribution is 2.34. The van der Waals surface area contributed by atoms with E-state index in [1.807, 2.05) is 0 Å². The zero-order valence-electron chi connectivity index (χ0n) is 10.5. The maximum atomic E-state index is 12.5. The Morgan fingerprint density at radius 1 is 1.33 bits per heavy atom. The first-order valence-corrected chi connectivity index (χ1v) is 6.42. The molecule has 1 aromatic carbocycles. The second kappa shape index (κ2) is 6.25. The Bertz CT molecular complexity index is 367. The van der Waals surface area contributed by atoms with Gasteiger partial charge in [-0.2, -0.15) is 0 Å². The van der Waals surface area contributed by atoms with Crippen LogP contribution in [0.5, 0.6) is 0 Å². The Kier molecular flexibility index (Phi) is 4.66. The first kappa shape index (κ1) is 13.4. The summed E-state index contributed by atoms with van der Waals surface area (Å²) >= 11 is 0. The molecule has 1 aliphatic rings. The molecular weight excluding hydrogens is 236 g/mol. The molecule has 2 nitrogen and oxygen atoms in total. The van der Waals surface area contributed by atoms with Gasteiger partial charge in [0.25, 0.3) is 6.43 Å². The first-order valence-electron chi connectivity index (χ1n) is 6.42. The van der Waals surface area contributed by atoms with E-state index in [9.17, 15) is 8.78 Å². The van der Waals surface area contributed by atoms with Crippen LogP contribution in [0.25, 0.3) is 0 Å². The van der Waals surface area contributed by atoms with Crippen molar-refractivity contribution in [2.24, 2.45) is 5.92 Å². The zero-order chi connectivity index (χ0) is 13.0. The molecule has 100 valence electrons. The predicted molar refractivity (Wildman–Crippen MR) is 66.7 cm³/mol. The van der Waals surface area contributed by atoms with E-state index in [1.165, 1.54) is 12.1 Å². The number of rotatable bonds is 5. The van der Waals surface area contributed by atoms with Gasteiger partial charge in [-0.3, -0.25) is 0 Å². The summed E-state index contributed by atoms with van der Waals surface area (Å²) in [6.07, 6.45) is -1.34.